The van der Waals surface area contributed by atoms with Crippen LogP contribution in [0.15, 0.2) is 48.5 Å². The summed E-state index contributed by atoms with van der Waals surface area (Å²) in [5.74, 6) is 0.156. The first-order valence-electron chi connectivity index (χ1n) is 6.93. The molecule has 1 nitrogen and oxygen atoms in total. The third-order valence-corrected chi connectivity index (χ3v) is 3.92. The molecular formula is C18H22O. The van der Waals surface area contributed by atoms with Crippen LogP contribution >= 0.6 is 0 Å². The summed E-state index contributed by atoms with van der Waals surface area (Å²) < 4.78 is 0. The van der Waals surface area contributed by atoms with Crippen molar-refractivity contribution < 1.29 is 5.11 Å². The van der Waals surface area contributed by atoms with Crippen molar-refractivity contribution >= 4 is 0 Å². The van der Waals surface area contributed by atoms with Crippen LogP contribution in [0.4, 0.5) is 0 Å². The first-order chi connectivity index (χ1) is 9.13. The fraction of sp³-hybridized carbons (Fsp3) is 0.333. The Bertz CT molecular complexity index is 531. The summed E-state index contributed by atoms with van der Waals surface area (Å²) in [6.45, 7) is 6.32. The minimum Gasteiger partial charge on any atom is -0.388 e. The minimum absolute atomic E-state index is 0.156. The van der Waals surface area contributed by atoms with E-state index in [-0.39, 0.29) is 5.92 Å². The molecule has 0 radical (unpaired) electrons. The van der Waals surface area contributed by atoms with Gasteiger partial charge in [-0.1, -0.05) is 55.5 Å². The van der Waals surface area contributed by atoms with Crippen LogP contribution in [0.25, 0.3) is 0 Å². The Kier molecular flexibility index (Phi) is 4.39. The van der Waals surface area contributed by atoms with E-state index in [4.69, 9.17) is 0 Å². The van der Waals surface area contributed by atoms with Gasteiger partial charge in [-0.25, -0.2) is 0 Å². The third kappa shape index (κ3) is 3.05. The summed E-state index contributed by atoms with van der Waals surface area (Å²) in [4.78, 5) is 0. The zero-order valence-electron chi connectivity index (χ0n) is 11.9. The highest BCUT2D eigenvalue weighted by Crippen LogP contribution is 2.34. The SMILES string of the molecule is CCC(c1ccccc1)C(O)c1ccc(C)c(C)c1. The van der Waals surface area contributed by atoms with E-state index in [1.54, 1.807) is 0 Å². The van der Waals surface area contributed by atoms with E-state index in [9.17, 15) is 5.11 Å². The second-order valence-electron chi connectivity index (χ2n) is 5.21. The van der Waals surface area contributed by atoms with Crippen molar-refractivity contribution in [1.82, 2.24) is 0 Å². The van der Waals surface area contributed by atoms with Gasteiger partial charge in [0.1, 0.15) is 0 Å². The van der Waals surface area contributed by atoms with E-state index in [0.29, 0.717) is 0 Å². The van der Waals surface area contributed by atoms with Crippen LogP contribution in [0.2, 0.25) is 0 Å². The monoisotopic (exact) mass is 254 g/mol. The summed E-state index contributed by atoms with van der Waals surface area (Å²) >= 11 is 0. The molecule has 1 N–H and O–H groups in total. The second kappa shape index (κ2) is 6.03. The first kappa shape index (κ1) is 13.8. The molecule has 0 aliphatic heterocycles. The minimum atomic E-state index is -0.438. The van der Waals surface area contributed by atoms with Crippen LogP contribution in [0.3, 0.4) is 0 Å². The maximum absolute atomic E-state index is 10.6. The van der Waals surface area contributed by atoms with Gasteiger partial charge < -0.3 is 5.11 Å². The molecule has 0 heterocycles. The number of aliphatic hydroxyl groups excluding tert-OH is 1. The Morgan fingerprint density at radius 1 is 0.895 bits per heavy atom. The highest BCUT2D eigenvalue weighted by Gasteiger charge is 2.21. The van der Waals surface area contributed by atoms with Gasteiger partial charge in [-0.05, 0) is 42.5 Å². The molecule has 0 amide bonds. The van der Waals surface area contributed by atoms with Gasteiger partial charge in [0, 0.05) is 5.92 Å². The lowest BCUT2D eigenvalue weighted by molar-refractivity contribution is 0.142. The van der Waals surface area contributed by atoms with Crippen molar-refractivity contribution in [3.05, 3.63) is 70.8 Å². The van der Waals surface area contributed by atoms with Crippen molar-refractivity contribution in [2.24, 2.45) is 0 Å². The number of aryl methyl sites for hydroxylation is 2. The molecule has 2 aromatic carbocycles. The second-order valence-corrected chi connectivity index (χ2v) is 5.21. The average molecular weight is 254 g/mol. The van der Waals surface area contributed by atoms with Gasteiger partial charge in [0.2, 0.25) is 0 Å². The molecular weight excluding hydrogens is 232 g/mol. The van der Waals surface area contributed by atoms with E-state index < -0.39 is 6.10 Å². The average Bonchev–Trinajstić information content (AvgIpc) is 2.44. The summed E-state index contributed by atoms with van der Waals surface area (Å²) in [5, 5.41) is 10.6. The summed E-state index contributed by atoms with van der Waals surface area (Å²) in [7, 11) is 0. The summed E-state index contributed by atoms with van der Waals surface area (Å²) in [5.41, 5.74) is 4.72. The van der Waals surface area contributed by atoms with E-state index in [0.717, 1.165) is 12.0 Å². The van der Waals surface area contributed by atoms with E-state index in [2.05, 4.69) is 45.0 Å². The molecule has 0 saturated heterocycles. The highest BCUT2D eigenvalue weighted by molar-refractivity contribution is 5.33. The predicted molar refractivity (Wildman–Crippen MR) is 80.3 cm³/mol. The molecule has 2 atom stereocenters. The standard InChI is InChI=1S/C18H22O/c1-4-17(15-8-6-5-7-9-15)18(19)16-11-10-13(2)14(3)12-16/h5-12,17-19H,4H2,1-3H3. The Morgan fingerprint density at radius 3 is 2.16 bits per heavy atom. The van der Waals surface area contributed by atoms with E-state index in [1.165, 1.54) is 16.7 Å². The highest BCUT2D eigenvalue weighted by atomic mass is 16.3. The molecule has 1 heteroatoms. The van der Waals surface area contributed by atoms with E-state index in [1.807, 2.05) is 24.3 Å². The lowest BCUT2D eigenvalue weighted by Crippen LogP contribution is -2.10. The van der Waals surface area contributed by atoms with Crippen LogP contribution in [-0.2, 0) is 0 Å². The Balaban J connectivity index is 2.30. The first-order valence-corrected chi connectivity index (χ1v) is 6.93. The van der Waals surface area contributed by atoms with Crippen LogP contribution in [0, 0.1) is 13.8 Å². The van der Waals surface area contributed by atoms with Crippen LogP contribution < -0.4 is 0 Å². The topological polar surface area (TPSA) is 20.2 Å². The molecule has 0 aliphatic carbocycles. The number of rotatable bonds is 4. The summed E-state index contributed by atoms with van der Waals surface area (Å²) in [6, 6.07) is 16.5. The van der Waals surface area contributed by atoms with Crippen LogP contribution in [0.5, 0.6) is 0 Å². The third-order valence-electron chi connectivity index (χ3n) is 3.92. The quantitative estimate of drug-likeness (QED) is 0.849. The molecule has 19 heavy (non-hydrogen) atoms. The number of benzene rings is 2. The van der Waals surface area contributed by atoms with Crippen LogP contribution in [0.1, 0.15) is 47.6 Å². The van der Waals surface area contributed by atoms with Gasteiger partial charge in [0.05, 0.1) is 6.10 Å². The van der Waals surface area contributed by atoms with Crippen molar-refractivity contribution in [2.45, 2.75) is 39.2 Å². The molecule has 0 aromatic heterocycles. The Hall–Kier alpha value is -1.60. The maximum atomic E-state index is 10.6. The largest absolute Gasteiger partial charge is 0.388 e. The van der Waals surface area contributed by atoms with Gasteiger partial charge in [-0.15, -0.1) is 0 Å². The predicted octanol–water partition coefficient (Wildman–Crippen LogP) is 4.53. The van der Waals surface area contributed by atoms with Gasteiger partial charge in [0.15, 0.2) is 0 Å². The molecule has 0 saturated carbocycles. The van der Waals surface area contributed by atoms with Crippen molar-refractivity contribution in [3.8, 4) is 0 Å². The normalized spacial score (nSPS) is 14.1. The van der Waals surface area contributed by atoms with Gasteiger partial charge in [-0.2, -0.15) is 0 Å². The molecule has 0 bridgehead atoms. The molecule has 0 spiro atoms. The molecule has 2 unspecified atom stereocenters. The van der Waals surface area contributed by atoms with Gasteiger partial charge in [-0.3, -0.25) is 0 Å². The van der Waals surface area contributed by atoms with Crippen molar-refractivity contribution in [3.63, 3.8) is 0 Å². The van der Waals surface area contributed by atoms with Crippen molar-refractivity contribution in [1.29, 1.82) is 0 Å². The van der Waals surface area contributed by atoms with E-state index >= 15 is 0 Å². The van der Waals surface area contributed by atoms with Gasteiger partial charge >= 0.3 is 0 Å². The lowest BCUT2D eigenvalue weighted by Gasteiger charge is -2.23. The Labute approximate surface area is 115 Å². The number of hydrogen-bond donors (Lipinski definition) is 1. The van der Waals surface area contributed by atoms with Gasteiger partial charge in [0.25, 0.3) is 0 Å². The fourth-order valence-corrected chi connectivity index (χ4v) is 2.52. The van der Waals surface area contributed by atoms with Crippen LogP contribution in [-0.4, -0.2) is 5.11 Å². The molecule has 2 rings (SSSR count). The number of aliphatic hydroxyl groups is 1. The molecule has 0 fully saturated rings. The summed E-state index contributed by atoms with van der Waals surface area (Å²) in [6.07, 6.45) is 0.490. The van der Waals surface area contributed by atoms with Crippen molar-refractivity contribution in [2.75, 3.05) is 0 Å². The lowest BCUT2D eigenvalue weighted by atomic mass is 9.86. The molecule has 2 aromatic rings. The maximum Gasteiger partial charge on any atom is 0.0858 e. The fourth-order valence-electron chi connectivity index (χ4n) is 2.52. The molecule has 100 valence electrons. The zero-order chi connectivity index (χ0) is 13.8. The smallest absolute Gasteiger partial charge is 0.0858 e. The molecule has 0 aliphatic rings. The zero-order valence-corrected chi connectivity index (χ0v) is 11.9. The Morgan fingerprint density at radius 2 is 1.58 bits per heavy atom. The number of hydrogen-bond acceptors (Lipinski definition) is 1.